The monoisotopic (exact) mass is 134 g/mol. The third kappa shape index (κ3) is 1.17. The Hall–Kier alpha value is -1.69. The zero-order valence-corrected chi connectivity index (χ0v) is 5.20. The fourth-order valence-electron chi connectivity index (χ4n) is 0.640. The van der Waals surface area contributed by atoms with E-state index in [0.29, 0.717) is 5.69 Å². The second-order valence-electron chi connectivity index (χ2n) is 1.75. The molecule has 1 aromatic rings. The molecule has 10 heavy (non-hydrogen) atoms. The molecule has 0 aromatic heterocycles. The lowest BCUT2D eigenvalue weighted by Crippen LogP contribution is -1.85. The Kier molecular flexibility index (Phi) is 1.76. The van der Waals surface area contributed by atoms with Crippen LogP contribution in [0.25, 0.3) is 0 Å². The van der Waals surface area contributed by atoms with Crippen molar-refractivity contribution in [2.45, 2.75) is 0 Å². The van der Waals surface area contributed by atoms with Gasteiger partial charge in [-0.05, 0) is 12.1 Å². The van der Waals surface area contributed by atoms with Gasteiger partial charge in [0, 0.05) is 0 Å². The Bertz CT molecular complexity index is 265. The molecule has 0 saturated carbocycles. The van der Waals surface area contributed by atoms with Crippen molar-refractivity contribution < 1.29 is 5.11 Å². The topological polar surface area (TPSA) is 56.0 Å². The number of hydrogen-bond donors (Lipinski definition) is 2. The Morgan fingerprint density at radius 1 is 1.40 bits per heavy atom. The number of nitrogens with zero attached hydrogens (tertiary/aromatic N) is 1. The van der Waals surface area contributed by atoms with Crippen molar-refractivity contribution in [3.8, 4) is 11.9 Å². The zero-order chi connectivity index (χ0) is 7.40. The van der Waals surface area contributed by atoms with Gasteiger partial charge in [-0.2, -0.15) is 5.26 Å². The minimum Gasteiger partial charge on any atom is -0.506 e. The third-order valence-corrected chi connectivity index (χ3v) is 1.09. The molecule has 0 amide bonds. The Morgan fingerprint density at radius 3 is 2.70 bits per heavy atom. The molecule has 0 saturated heterocycles. The summed E-state index contributed by atoms with van der Waals surface area (Å²) in [6.45, 7) is 0. The molecule has 0 bridgehead atoms. The quantitative estimate of drug-likeness (QED) is 0.345. The van der Waals surface area contributed by atoms with Gasteiger partial charge in [-0.15, -0.1) is 0 Å². The van der Waals surface area contributed by atoms with Gasteiger partial charge in [-0.25, -0.2) is 0 Å². The van der Waals surface area contributed by atoms with Crippen LogP contribution in [0, 0.1) is 11.5 Å². The predicted octanol–water partition coefficient (Wildman–Crippen LogP) is 1.29. The number of anilines is 1. The molecule has 1 rings (SSSR count). The van der Waals surface area contributed by atoms with Crippen LogP contribution in [0.2, 0.25) is 0 Å². The Morgan fingerprint density at radius 2 is 2.10 bits per heavy atom. The summed E-state index contributed by atoms with van der Waals surface area (Å²) in [5.74, 6) is 0.0871. The van der Waals surface area contributed by atoms with E-state index < -0.39 is 0 Å². The average molecular weight is 134 g/mol. The van der Waals surface area contributed by atoms with Gasteiger partial charge < -0.3 is 5.11 Å². The first-order chi connectivity index (χ1) is 4.84. The van der Waals surface area contributed by atoms with Crippen molar-refractivity contribution in [3.05, 3.63) is 24.3 Å². The summed E-state index contributed by atoms with van der Waals surface area (Å²) in [4.78, 5) is 0. The van der Waals surface area contributed by atoms with Crippen LogP contribution in [-0.4, -0.2) is 5.11 Å². The van der Waals surface area contributed by atoms with Crippen LogP contribution in [0.1, 0.15) is 0 Å². The van der Waals surface area contributed by atoms with Crippen molar-refractivity contribution in [2.75, 3.05) is 5.32 Å². The molecule has 0 spiro atoms. The SMILES string of the molecule is N#CNc1ccccc1O. The van der Waals surface area contributed by atoms with E-state index in [9.17, 15) is 0 Å². The lowest BCUT2D eigenvalue weighted by molar-refractivity contribution is 0.478. The Labute approximate surface area is 58.5 Å². The lowest BCUT2D eigenvalue weighted by atomic mass is 10.3. The van der Waals surface area contributed by atoms with Gasteiger partial charge in [0.05, 0.1) is 5.69 Å². The summed E-state index contributed by atoms with van der Waals surface area (Å²) in [6.07, 6.45) is 1.71. The molecule has 0 atom stereocenters. The summed E-state index contributed by atoms with van der Waals surface area (Å²) in [6, 6.07) is 6.56. The predicted molar refractivity (Wildman–Crippen MR) is 37.3 cm³/mol. The smallest absolute Gasteiger partial charge is 0.181 e. The van der Waals surface area contributed by atoms with E-state index in [1.165, 1.54) is 6.07 Å². The number of para-hydroxylation sites is 2. The van der Waals surface area contributed by atoms with Gasteiger partial charge in [0.2, 0.25) is 0 Å². The van der Waals surface area contributed by atoms with Crippen LogP contribution >= 0.6 is 0 Å². The second kappa shape index (κ2) is 2.74. The molecular formula is C7H6N2O. The summed E-state index contributed by atoms with van der Waals surface area (Å²) in [5, 5.41) is 19.5. The van der Waals surface area contributed by atoms with Crippen molar-refractivity contribution in [3.63, 3.8) is 0 Å². The number of aromatic hydroxyl groups is 1. The molecule has 3 heteroatoms. The van der Waals surface area contributed by atoms with Gasteiger partial charge in [0.25, 0.3) is 0 Å². The van der Waals surface area contributed by atoms with Crippen LogP contribution in [0.5, 0.6) is 5.75 Å². The van der Waals surface area contributed by atoms with E-state index in [1.807, 2.05) is 0 Å². The second-order valence-corrected chi connectivity index (χ2v) is 1.75. The molecule has 0 unspecified atom stereocenters. The first-order valence-electron chi connectivity index (χ1n) is 2.77. The highest BCUT2D eigenvalue weighted by Gasteiger charge is 1.94. The largest absolute Gasteiger partial charge is 0.506 e. The summed E-state index contributed by atoms with van der Waals surface area (Å²) in [5.41, 5.74) is 0.435. The summed E-state index contributed by atoms with van der Waals surface area (Å²) in [7, 11) is 0. The summed E-state index contributed by atoms with van der Waals surface area (Å²) < 4.78 is 0. The minimum atomic E-state index is 0.0871. The van der Waals surface area contributed by atoms with Crippen LogP contribution < -0.4 is 5.32 Å². The van der Waals surface area contributed by atoms with E-state index in [4.69, 9.17) is 10.4 Å². The van der Waals surface area contributed by atoms with Gasteiger partial charge in [-0.1, -0.05) is 12.1 Å². The maximum Gasteiger partial charge on any atom is 0.181 e. The van der Waals surface area contributed by atoms with Gasteiger partial charge >= 0.3 is 0 Å². The van der Waals surface area contributed by atoms with Crippen molar-refractivity contribution >= 4 is 5.69 Å². The number of nitrogens with one attached hydrogen (secondary N) is 1. The van der Waals surface area contributed by atoms with Crippen molar-refractivity contribution in [1.29, 1.82) is 5.26 Å². The minimum absolute atomic E-state index is 0.0871. The number of rotatable bonds is 1. The maximum absolute atomic E-state index is 9.03. The van der Waals surface area contributed by atoms with E-state index in [-0.39, 0.29) is 5.75 Å². The number of phenols is 1. The molecule has 3 nitrogen and oxygen atoms in total. The van der Waals surface area contributed by atoms with Crippen molar-refractivity contribution in [2.24, 2.45) is 0 Å². The van der Waals surface area contributed by atoms with Crippen molar-refractivity contribution in [1.82, 2.24) is 0 Å². The van der Waals surface area contributed by atoms with E-state index >= 15 is 0 Å². The highest BCUT2D eigenvalue weighted by molar-refractivity contribution is 5.57. The normalized spacial score (nSPS) is 8.30. The molecule has 0 aliphatic carbocycles. The van der Waals surface area contributed by atoms with Crippen LogP contribution in [0.15, 0.2) is 24.3 Å². The molecular weight excluding hydrogens is 128 g/mol. The van der Waals surface area contributed by atoms with Gasteiger partial charge in [0.15, 0.2) is 6.19 Å². The first kappa shape index (κ1) is 6.43. The number of phenolic OH excluding ortho intramolecular Hbond substituents is 1. The van der Waals surface area contributed by atoms with E-state index in [0.717, 1.165) is 0 Å². The molecule has 50 valence electrons. The molecule has 0 heterocycles. The fraction of sp³-hybridized carbons (Fsp3) is 0. The standard InChI is InChI=1S/C7H6N2O/c8-5-9-6-3-1-2-4-7(6)10/h1-4,9-10H. The molecule has 1 aromatic carbocycles. The van der Waals surface area contributed by atoms with Gasteiger partial charge in [0.1, 0.15) is 5.75 Å². The van der Waals surface area contributed by atoms with Crippen LogP contribution in [0.3, 0.4) is 0 Å². The zero-order valence-electron chi connectivity index (χ0n) is 5.20. The average Bonchev–Trinajstić information content (AvgIpc) is 1.94. The highest BCUT2D eigenvalue weighted by atomic mass is 16.3. The molecule has 0 fully saturated rings. The number of nitriles is 1. The highest BCUT2D eigenvalue weighted by Crippen LogP contribution is 2.20. The van der Waals surface area contributed by atoms with Crippen LogP contribution in [0.4, 0.5) is 5.69 Å². The maximum atomic E-state index is 9.03. The molecule has 0 aliphatic heterocycles. The Balaban J connectivity index is 2.94. The summed E-state index contributed by atoms with van der Waals surface area (Å²) >= 11 is 0. The number of benzene rings is 1. The molecule has 2 N–H and O–H groups in total. The number of hydrogen-bond acceptors (Lipinski definition) is 3. The molecule has 0 aliphatic rings. The van der Waals surface area contributed by atoms with Gasteiger partial charge in [-0.3, -0.25) is 5.32 Å². The molecule has 0 radical (unpaired) electrons. The van der Waals surface area contributed by atoms with E-state index in [2.05, 4.69) is 5.32 Å². The first-order valence-corrected chi connectivity index (χ1v) is 2.77. The van der Waals surface area contributed by atoms with E-state index in [1.54, 1.807) is 24.4 Å². The third-order valence-electron chi connectivity index (χ3n) is 1.09. The van der Waals surface area contributed by atoms with Crippen LogP contribution in [-0.2, 0) is 0 Å². The fourth-order valence-corrected chi connectivity index (χ4v) is 0.640. The lowest BCUT2D eigenvalue weighted by Gasteiger charge is -1.97.